The molecule has 1 spiro atoms. The fraction of sp³-hybridized carbons (Fsp3) is 0.407. The van der Waals surface area contributed by atoms with E-state index in [4.69, 9.17) is 16.3 Å². The first-order valence-electron chi connectivity index (χ1n) is 12.1. The Labute approximate surface area is 207 Å². The number of benzene rings is 2. The number of amides is 2. The van der Waals surface area contributed by atoms with Gasteiger partial charge in [-0.25, -0.2) is 0 Å². The van der Waals surface area contributed by atoms with Crippen molar-refractivity contribution in [3.8, 4) is 11.5 Å². The lowest BCUT2D eigenvalue weighted by molar-refractivity contribution is -0.194. The van der Waals surface area contributed by atoms with Crippen LogP contribution >= 0.6 is 11.6 Å². The summed E-state index contributed by atoms with van der Waals surface area (Å²) >= 11 is 6.13. The van der Waals surface area contributed by atoms with E-state index in [1.165, 1.54) is 11.0 Å². The lowest BCUT2D eigenvalue weighted by atomic mass is 9.48. The largest absolute Gasteiger partial charge is 0.504 e. The number of halogens is 1. The van der Waals surface area contributed by atoms with Crippen LogP contribution in [-0.2, 0) is 11.8 Å². The molecule has 5 atom stereocenters. The number of fused-ring (bicyclic) bond motifs is 1. The summed E-state index contributed by atoms with van der Waals surface area (Å²) in [5.41, 5.74) is 0.569. The molecule has 0 radical (unpaired) electrons. The molecule has 5 aliphatic rings. The summed E-state index contributed by atoms with van der Waals surface area (Å²) in [5.74, 6) is -0.350. The summed E-state index contributed by atoms with van der Waals surface area (Å²) < 4.78 is 6.49. The smallest absolute Gasteiger partial charge is 0.261 e. The number of hydrogen-bond donors (Lipinski definition) is 2. The Balaban J connectivity index is 1.39. The monoisotopic (exact) mass is 492 g/mol. The Bertz CT molecular complexity index is 1340. The average molecular weight is 493 g/mol. The van der Waals surface area contributed by atoms with Crippen molar-refractivity contribution in [3.05, 3.63) is 70.3 Å². The zero-order valence-corrected chi connectivity index (χ0v) is 19.8. The number of aromatic hydroxyl groups is 1. The Hall–Kier alpha value is -2.87. The lowest BCUT2D eigenvalue weighted by Gasteiger charge is -2.64. The molecule has 3 aliphatic heterocycles. The Morgan fingerprint density at radius 3 is 2.77 bits per heavy atom. The van der Waals surface area contributed by atoms with Crippen LogP contribution < -0.4 is 4.74 Å². The molecule has 7 nitrogen and oxygen atoms in total. The summed E-state index contributed by atoms with van der Waals surface area (Å²) in [7, 11) is 0. The van der Waals surface area contributed by atoms with Crippen LogP contribution in [0.15, 0.2) is 43.0 Å². The van der Waals surface area contributed by atoms with Crippen LogP contribution in [0.4, 0.5) is 0 Å². The van der Waals surface area contributed by atoms with Crippen molar-refractivity contribution < 1.29 is 24.5 Å². The topological polar surface area (TPSA) is 90.3 Å². The van der Waals surface area contributed by atoms with Gasteiger partial charge in [0, 0.05) is 23.2 Å². The first-order chi connectivity index (χ1) is 16.8. The van der Waals surface area contributed by atoms with E-state index in [2.05, 4.69) is 11.5 Å². The molecule has 1 saturated heterocycles. The van der Waals surface area contributed by atoms with Crippen molar-refractivity contribution in [2.75, 3.05) is 13.1 Å². The van der Waals surface area contributed by atoms with Gasteiger partial charge >= 0.3 is 0 Å². The number of carbonyl (C=O) groups is 2. The molecule has 2 fully saturated rings. The quantitative estimate of drug-likeness (QED) is 0.505. The molecule has 1 saturated carbocycles. The van der Waals surface area contributed by atoms with Crippen molar-refractivity contribution in [3.63, 3.8) is 0 Å². The van der Waals surface area contributed by atoms with Crippen molar-refractivity contribution in [1.82, 2.24) is 9.80 Å². The highest BCUT2D eigenvalue weighted by Crippen LogP contribution is 2.66. The van der Waals surface area contributed by atoms with Gasteiger partial charge in [0.2, 0.25) is 0 Å². The SMILES string of the molecule is C=CCN1CC[C@]23c4c5ccc(O)c4OC2C(N2C(=O)c4ccc(Cl)cc4C2=O)CC[C@@]3(O)[C@H]1C5. The number of likely N-dealkylation sites (tertiary alicyclic amines) is 1. The minimum Gasteiger partial charge on any atom is -0.504 e. The summed E-state index contributed by atoms with van der Waals surface area (Å²) in [6.45, 7) is 5.29. The summed E-state index contributed by atoms with van der Waals surface area (Å²) in [5, 5.41) is 23.6. The first kappa shape index (κ1) is 21.4. The number of hydrogen-bond acceptors (Lipinski definition) is 6. The highest BCUT2D eigenvalue weighted by Gasteiger charge is 2.74. The third-order valence-corrected chi connectivity index (χ3v) is 9.35. The molecule has 7 rings (SSSR count). The third-order valence-electron chi connectivity index (χ3n) is 9.12. The van der Waals surface area contributed by atoms with E-state index in [0.29, 0.717) is 54.1 Å². The van der Waals surface area contributed by atoms with E-state index in [9.17, 15) is 19.8 Å². The lowest BCUT2D eigenvalue weighted by Crippen LogP contribution is -2.78. The van der Waals surface area contributed by atoms with Crippen molar-refractivity contribution in [2.45, 2.75) is 54.9 Å². The van der Waals surface area contributed by atoms with Gasteiger partial charge < -0.3 is 14.9 Å². The zero-order valence-electron chi connectivity index (χ0n) is 19.0. The van der Waals surface area contributed by atoms with E-state index >= 15 is 0 Å². The molecule has 3 heterocycles. The molecule has 2 N–H and O–H groups in total. The molecule has 2 amide bonds. The minimum atomic E-state index is -1.12. The van der Waals surface area contributed by atoms with Crippen molar-refractivity contribution in [2.24, 2.45) is 0 Å². The number of rotatable bonds is 3. The Morgan fingerprint density at radius 2 is 1.97 bits per heavy atom. The van der Waals surface area contributed by atoms with Gasteiger partial charge in [-0.15, -0.1) is 6.58 Å². The van der Waals surface area contributed by atoms with Gasteiger partial charge in [-0.1, -0.05) is 23.7 Å². The van der Waals surface area contributed by atoms with Crippen LogP contribution in [0.2, 0.25) is 5.02 Å². The molecule has 2 unspecified atom stereocenters. The van der Waals surface area contributed by atoms with Crippen LogP contribution in [0.1, 0.15) is 51.1 Å². The molecule has 180 valence electrons. The molecule has 2 aromatic carbocycles. The molecule has 2 bridgehead atoms. The molecule has 0 aromatic heterocycles. The van der Waals surface area contributed by atoms with Gasteiger partial charge in [-0.05, 0) is 62.1 Å². The van der Waals surface area contributed by atoms with Gasteiger partial charge in [-0.3, -0.25) is 19.4 Å². The van der Waals surface area contributed by atoms with Crippen LogP contribution in [-0.4, -0.2) is 68.7 Å². The molecule has 2 aliphatic carbocycles. The average Bonchev–Trinajstić information content (AvgIpc) is 3.30. The van der Waals surface area contributed by atoms with Gasteiger partial charge in [0.1, 0.15) is 6.10 Å². The van der Waals surface area contributed by atoms with Crippen LogP contribution in [0, 0.1) is 0 Å². The number of piperidine rings is 1. The van der Waals surface area contributed by atoms with Gasteiger partial charge in [0.15, 0.2) is 11.5 Å². The number of ether oxygens (including phenoxy) is 1. The molecule has 8 heteroatoms. The maximum atomic E-state index is 13.5. The van der Waals surface area contributed by atoms with E-state index in [1.807, 2.05) is 12.1 Å². The highest BCUT2D eigenvalue weighted by atomic mass is 35.5. The van der Waals surface area contributed by atoms with Crippen LogP contribution in [0.5, 0.6) is 11.5 Å². The summed E-state index contributed by atoms with van der Waals surface area (Å²) in [6, 6.07) is 7.57. The first-order valence-corrected chi connectivity index (χ1v) is 12.5. The van der Waals surface area contributed by atoms with E-state index in [1.54, 1.807) is 18.2 Å². The van der Waals surface area contributed by atoms with Gasteiger partial charge in [-0.2, -0.15) is 0 Å². The van der Waals surface area contributed by atoms with E-state index < -0.39 is 23.2 Å². The Kier molecular flexibility index (Phi) is 4.20. The second-order valence-electron chi connectivity index (χ2n) is 10.4. The highest BCUT2D eigenvalue weighted by molar-refractivity contribution is 6.32. The predicted molar refractivity (Wildman–Crippen MR) is 128 cm³/mol. The Morgan fingerprint density at radius 1 is 1.17 bits per heavy atom. The zero-order chi connectivity index (χ0) is 24.3. The maximum Gasteiger partial charge on any atom is 0.261 e. The number of nitrogens with zero attached hydrogens (tertiary/aromatic N) is 2. The molecular formula is C27H25ClN2O5. The summed E-state index contributed by atoms with van der Waals surface area (Å²) in [6.07, 6.45) is 3.25. The fourth-order valence-corrected chi connectivity index (χ4v) is 7.96. The third kappa shape index (κ3) is 2.39. The molecule has 35 heavy (non-hydrogen) atoms. The number of carbonyl (C=O) groups excluding carboxylic acids is 2. The van der Waals surface area contributed by atoms with E-state index in [-0.39, 0.29) is 23.6 Å². The summed E-state index contributed by atoms with van der Waals surface area (Å²) in [4.78, 5) is 30.5. The second-order valence-corrected chi connectivity index (χ2v) is 10.8. The standard InChI is InChI=1S/C27H25ClN2O5/c1-2-10-29-11-9-26-21-14-3-6-19(31)22(21)35-23(26)18(7-8-27(26,34)20(29)12-14)30-24(32)16-5-4-15(28)13-17(16)25(30)33/h2-6,13,18,20,23,31,34H,1,7-12H2/t18?,20-,23?,26+,27-/m1/s1. The molecular weight excluding hydrogens is 468 g/mol. The number of phenolic OH excluding ortho intramolecular Hbond substituents is 1. The number of phenols is 1. The van der Waals surface area contributed by atoms with Crippen LogP contribution in [0.25, 0.3) is 0 Å². The van der Waals surface area contributed by atoms with Crippen molar-refractivity contribution >= 4 is 23.4 Å². The molecule has 2 aromatic rings. The number of imide groups is 1. The number of aliphatic hydroxyl groups is 1. The second kappa shape index (κ2) is 6.87. The maximum absolute atomic E-state index is 13.5. The predicted octanol–water partition coefficient (Wildman–Crippen LogP) is 3.05. The van der Waals surface area contributed by atoms with E-state index in [0.717, 1.165) is 17.7 Å². The minimum absolute atomic E-state index is 0.0229. The van der Waals surface area contributed by atoms with Crippen LogP contribution in [0.3, 0.4) is 0 Å². The van der Waals surface area contributed by atoms with Crippen molar-refractivity contribution in [1.29, 1.82) is 0 Å². The fourth-order valence-electron chi connectivity index (χ4n) is 7.79. The van der Waals surface area contributed by atoms with Gasteiger partial charge in [0.05, 0.1) is 28.2 Å². The normalized spacial score (nSPS) is 34.5. The van der Waals surface area contributed by atoms with Gasteiger partial charge in [0.25, 0.3) is 11.8 Å².